The molecule has 0 radical (unpaired) electrons. The Morgan fingerprint density at radius 1 is 1.39 bits per heavy atom. The van der Waals surface area contributed by atoms with E-state index in [1.54, 1.807) is 6.20 Å². The van der Waals surface area contributed by atoms with Gasteiger partial charge in [-0.1, -0.05) is 6.07 Å². The molecule has 1 saturated heterocycles. The topological polar surface area (TPSA) is 51.2 Å². The maximum atomic E-state index is 11.7. The Morgan fingerprint density at radius 2 is 2.22 bits per heavy atom. The largest absolute Gasteiger partial charge is 0.378 e. The van der Waals surface area contributed by atoms with Crippen LogP contribution < -0.4 is 5.32 Å². The van der Waals surface area contributed by atoms with E-state index in [0.717, 1.165) is 31.6 Å². The molecule has 0 saturated carbocycles. The number of ether oxygens (including phenoxy) is 1. The predicted molar refractivity (Wildman–Crippen MR) is 69.4 cm³/mol. The molecule has 1 aromatic rings. The molecule has 1 aliphatic rings. The smallest absolute Gasteiger partial charge is 0.141 e. The summed E-state index contributed by atoms with van der Waals surface area (Å²) in [6.45, 7) is 2.58. The third-order valence-electron chi connectivity index (χ3n) is 3.13. The quantitative estimate of drug-likeness (QED) is 0.825. The number of aromatic nitrogens is 1. The van der Waals surface area contributed by atoms with Crippen molar-refractivity contribution < 1.29 is 9.53 Å². The van der Waals surface area contributed by atoms with Crippen molar-refractivity contribution in [1.29, 1.82) is 0 Å². The summed E-state index contributed by atoms with van der Waals surface area (Å²) in [6.07, 6.45) is 5.04. The van der Waals surface area contributed by atoms with Crippen molar-refractivity contribution >= 4 is 5.78 Å². The Labute approximate surface area is 108 Å². The average Bonchev–Trinajstić information content (AvgIpc) is 2.41. The second-order valence-corrected chi connectivity index (χ2v) is 4.61. The molecule has 2 rings (SSSR count). The van der Waals surface area contributed by atoms with E-state index in [0.29, 0.717) is 25.6 Å². The van der Waals surface area contributed by atoms with Gasteiger partial charge in [0.25, 0.3) is 0 Å². The first-order valence-electron chi connectivity index (χ1n) is 6.58. The van der Waals surface area contributed by atoms with Gasteiger partial charge in [0.2, 0.25) is 0 Å². The van der Waals surface area contributed by atoms with Gasteiger partial charge in [-0.25, -0.2) is 0 Å². The maximum Gasteiger partial charge on any atom is 0.141 e. The SMILES string of the molecule is O=C(CCOC1CCNCC1)Cc1ccccn1. The number of nitrogens with one attached hydrogen (secondary N) is 1. The average molecular weight is 248 g/mol. The van der Waals surface area contributed by atoms with Crippen LogP contribution in [0.2, 0.25) is 0 Å². The van der Waals surface area contributed by atoms with E-state index in [1.807, 2.05) is 18.2 Å². The molecule has 0 aliphatic carbocycles. The molecular weight excluding hydrogens is 228 g/mol. The van der Waals surface area contributed by atoms with Gasteiger partial charge in [0.05, 0.1) is 12.7 Å². The standard InChI is InChI=1S/C14H20N2O2/c17-13(11-12-3-1-2-7-16-12)6-10-18-14-4-8-15-9-5-14/h1-3,7,14-15H,4-6,8-11H2. The molecule has 1 fully saturated rings. The van der Waals surface area contributed by atoms with Crippen LogP contribution in [-0.2, 0) is 16.0 Å². The fraction of sp³-hybridized carbons (Fsp3) is 0.571. The summed E-state index contributed by atoms with van der Waals surface area (Å²) in [5.74, 6) is 0.197. The van der Waals surface area contributed by atoms with Crippen molar-refractivity contribution in [2.45, 2.75) is 31.8 Å². The molecule has 0 unspecified atom stereocenters. The molecule has 1 N–H and O–H groups in total. The zero-order valence-corrected chi connectivity index (χ0v) is 10.6. The highest BCUT2D eigenvalue weighted by Crippen LogP contribution is 2.08. The highest BCUT2D eigenvalue weighted by Gasteiger charge is 2.13. The van der Waals surface area contributed by atoms with Gasteiger partial charge >= 0.3 is 0 Å². The summed E-state index contributed by atoms with van der Waals surface area (Å²) in [5.41, 5.74) is 0.837. The van der Waals surface area contributed by atoms with Crippen LogP contribution in [0.25, 0.3) is 0 Å². The van der Waals surface area contributed by atoms with Crippen LogP contribution in [0.1, 0.15) is 25.0 Å². The normalized spacial score (nSPS) is 16.7. The van der Waals surface area contributed by atoms with Crippen LogP contribution in [-0.4, -0.2) is 36.6 Å². The minimum atomic E-state index is 0.197. The van der Waals surface area contributed by atoms with Crippen LogP contribution >= 0.6 is 0 Å². The zero-order chi connectivity index (χ0) is 12.6. The lowest BCUT2D eigenvalue weighted by Gasteiger charge is -2.22. The molecule has 1 aromatic heterocycles. The number of hydrogen-bond acceptors (Lipinski definition) is 4. The van der Waals surface area contributed by atoms with Crippen LogP contribution in [0.5, 0.6) is 0 Å². The van der Waals surface area contributed by atoms with Crippen LogP contribution in [0.15, 0.2) is 24.4 Å². The summed E-state index contributed by atoms with van der Waals surface area (Å²) in [4.78, 5) is 15.9. The number of rotatable bonds is 6. The lowest BCUT2D eigenvalue weighted by molar-refractivity contribution is -0.120. The minimum absolute atomic E-state index is 0.197. The summed E-state index contributed by atoms with van der Waals surface area (Å²) in [6, 6.07) is 5.64. The Bertz CT molecular complexity index is 361. The minimum Gasteiger partial charge on any atom is -0.378 e. The summed E-state index contributed by atoms with van der Waals surface area (Å²) < 4.78 is 5.71. The molecule has 0 spiro atoms. The lowest BCUT2D eigenvalue weighted by atomic mass is 10.1. The number of nitrogens with zero attached hydrogens (tertiary/aromatic N) is 1. The molecule has 0 bridgehead atoms. The van der Waals surface area contributed by atoms with Crippen LogP contribution in [0.3, 0.4) is 0 Å². The monoisotopic (exact) mass is 248 g/mol. The van der Waals surface area contributed by atoms with Crippen molar-refractivity contribution in [3.63, 3.8) is 0 Å². The molecule has 0 atom stereocenters. The maximum absolute atomic E-state index is 11.7. The highest BCUT2D eigenvalue weighted by atomic mass is 16.5. The number of pyridine rings is 1. The van der Waals surface area contributed by atoms with E-state index >= 15 is 0 Å². The van der Waals surface area contributed by atoms with E-state index in [9.17, 15) is 4.79 Å². The first kappa shape index (κ1) is 13.2. The number of ketones is 1. The van der Waals surface area contributed by atoms with Crippen molar-refractivity contribution in [3.8, 4) is 0 Å². The van der Waals surface area contributed by atoms with E-state index in [4.69, 9.17) is 4.74 Å². The number of carbonyl (C=O) groups excluding carboxylic acids is 1. The molecule has 0 aromatic carbocycles. The van der Waals surface area contributed by atoms with Gasteiger partial charge in [0, 0.05) is 24.7 Å². The van der Waals surface area contributed by atoms with E-state index in [1.165, 1.54) is 0 Å². The van der Waals surface area contributed by atoms with Crippen molar-refractivity contribution in [2.75, 3.05) is 19.7 Å². The van der Waals surface area contributed by atoms with E-state index < -0.39 is 0 Å². The molecule has 98 valence electrons. The predicted octanol–water partition coefficient (Wildman–Crippen LogP) is 1.35. The van der Waals surface area contributed by atoms with Gasteiger partial charge in [-0.05, 0) is 38.1 Å². The fourth-order valence-electron chi connectivity index (χ4n) is 2.09. The number of hydrogen-bond donors (Lipinski definition) is 1. The highest BCUT2D eigenvalue weighted by molar-refractivity contribution is 5.80. The molecular formula is C14H20N2O2. The van der Waals surface area contributed by atoms with Crippen LogP contribution in [0.4, 0.5) is 0 Å². The van der Waals surface area contributed by atoms with Gasteiger partial charge in [0.15, 0.2) is 0 Å². The summed E-state index contributed by atoms with van der Waals surface area (Å²) in [5, 5.41) is 3.29. The van der Waals surface area contributed by atoms with Gasteiger partial charge < -0.3 is 10.1 Å². The fourth-order valence-corrected chi connectivity index (χ4v) is 2.09. The molecule has 18 heavy (non-hydrogen) atoms. The second-order valence-electron chi connectivity index (χ2n) is 4.61. The van der Waals surface area contributed by atoms with Crippen LogP contribution in [0, 0.1) is 0 Å². The molecule has 2 heterocycles. The summed E-state index contributed by atoms with van der Waals surface area (Å²) >= 11 is 0. The van der Waals surface area contributed by atoms with E-state index in [-0.39, 0.29) is 5.78 Å². The molecule has 4 heteroatoms. The number of carbonyl (C=O) groups is 1. The Balaban J connectivity index is 1.62. The third-order valence-corrected chi connectivity index (χ3v) is 3.13. The van der Waals surface area contributed by atoms with Gasteiger partial charge in [-0.2, -0.15) is 0 Å². The Hall–Kier alpha value is -1.26. The number of Topliss-reactive ketones (excluding diaryl/α,β-unsaturated/α-hetero) is 1. The lowest BCUT2D eigenvalue weighted by Crippen LogP contribution is -2.32. The first-order valence-corrected chi connectivity index (χ1v) is 6.58. The van der Waals surface area contributed by atoms with Crippen molar-refractivity contribution in [1.82, 2.24) is 10.3 Å². The Kier molecular flexibility index (Phi) is 5.30. The van der Waals surface area contributed by atoms with E-state index in [2.05, 4.69) is 10.3 Å². The van der Waals surface area contributed by atoms with Crippen molar-refractivity contribution in [3.05, 3.63) is 30.1 Å². The first-order chi connectivity index (χ1) is 8.84. The summed E-state index contributed by atoms with van der Waals surface area (Å²) in [7, 11) is 0. The Morgan fingerprint density at radius 3 is 2.94 bits per heavy atom. The second kappa shape index (κ2) is 7.24. The number of piperidine rings is 1. The molecule has 0 amide bonds. The molecule has 4 nitrogen and oxygen atoms in total. The third kappa shape index (κ3) is 4.55. The molecule has 1 aliphatic heterocycles. The van der Waals surface area contributed by atoms with Crippen molar-refractivity contribution in [2.24, 2.45) is 0 Å². The zero-order valence-electron chi connectivity index (χ0n) is 10.6. The van der Waals surface area contributed by atoms with Gasteiger partial charge in [0.1, 0.15) is 5.78 Å². The van der Waals surface area contributed by atoms with Gasteiger partial charge in [-0.15, -0.1) is 0 Å². The van der Waals surface area contributed by atoms with Gasteiger partial charge in [-0.3, -0.25) is 9.78 Å².